The summed E-state index contributed by atoms with van der Waals surface area (Å²) < 4.78 is 0. The molecule has 2 N–H and O–H groups in total. The zero-order chi connectivity index (χ0) is 34.8. The summed E-state index contributed by atoms with van der Waals surface area (Å²) in [7, 11) is 0. The van der Waals surface area contributed by atoms with Gasteiger partial charge in [-0.25, -0.2) is 9.97 Å². The second-order valence-electron chi connectivity index (χ2n) is 12.1. The molecule has 0 saturated heterocycles. The molecular formula is C39H37N9S. The number of benzene rings is 4. The number of anilines is 4. The lowest BCUT2D eigenvalue weighted by molar-refractivity contribution is 1.14. The van der Waals surface area contributed by atoms with Gasteiger partial charge in [-0.1, -0.05) is 47.7 Å². The monoisotopic (exact) mass is 663 g/mol. The van der Waals surface area contributed by atoms with Gasteiger partial charge in [0.05, 0.1) is 17.4 Å². The van der Waals surface area contributed by atoms with E-state index in [2.05, 4.69) is 85.5 Å². The lowest BCUT2D eigenvalue weighted by Crippen LogP contribution is -2.04. The van der Waals surface area contributed by atoms with Crippen molar-refractivity contribution in [3.8, 4) is 6.07 Å². The summed E-state index contributed by atoms with van der Waals surface area (Å²) in [6.07, 6.45) is 1.64. The molecule has 0 unspecified atom stereocenters. The van der Waals surface area contributed by atoms with Crippen molar-refractivity contribution in [2.24, 2.45) is 20.5 Å². The fourth-order valence-electron chi connectivity index (χ4n) is 6.15. The highest BCUT2D eigenvalue weighted by Crippen LogP contribution is 2.42. The molecule has 0 bridgehead atoms. The Bertz CT molecular complexity index is 2320. The Morgan fingerprint density at radius 2 is 1.10 bits per heavy atom. The molecule has 0 atom stereocenters. The molecule has 4 aromatic carbocycles. The van der Waals surface area contributed by atoms with Gasteiger partial charge in [0.2, 0.25) is 5.13 Å². The second kappa shape index (κ2) is 13.7. The van der Waals surface area contributed by atoms with E-state index in [0.29, 0.717) is 38.6 Å². The zero-order valence-corrected chi connectivity index (χ0v) is 29.7. The van der Waals surface area contributed by atoms with Crippen LogP contribution in [-0.4, -0.2) is 9.97 Å². The first-order valence-corrected chi connectivity index (χ1v) is 16.8. The molecule has 0 aliphatic carbocycles. The van der Waals surface area contributed by atoms with Crippen LogP contribution < -0.4 is 10.6 Å². The fourth-order valence-corrected chi connectivity index (χ4v) is 6.71. The van der Waals surface area contributed by atoms with Gasteiger partial charge in [0, 0.05) is 16.9 Å². The topological polar surface area (TPSA) is 123 Å². The largest absolute Gasteiger partial charge is 0.339 e. The van der Waals surface area contributed by atoms with E-state index in [1.54, 1.807) is 6.20 Å². The molecule has 0 fully saturated rings. The van der Waals surface area contributed by atoms with Gasteiger partial charge in [-0.2, -0.15) is 5.26 Å². The number of nitrogens with zero attached hydrogens (tertiary/aromatic N) is 7. The summed E-state index contributed by atoms with van der Waals surface area (Å²) >= 11 is 1.28. The number of hydrogen-bond acceptors (Lipinski definition) is 10. The summed E-state index contributed by atoms with van der Waals surface area (Å²) in [6, 6.07) is 21.6. The van der Waals surface area contributed by atoms with Gasteiger partial charge in [-0.15, -0.1) is 20.5 Å². The van der Waals surface area contributed by atoms with E-state index in [0.717, 1.165) is 28.2 Å². The minimum absolute atomic E-state index is 0.372. The predicted molar refractivity (Wildman–Crippen MR) is 201 cm³/mol. The third kappa shape index (κ3) is 6.41. The van der Waals surface area contributed by atoms with E-state index in [9.17, 15) is 5.26 Å². The number of aryl methyl sites for hydroxylation is 4. The Morgan fingerprint density at radius 3 is 1.69 bits per heavy atom. The quantitative estimate of drug-likeness (QED) is 0.157. The van der Waals surface area contributed by atoms with Gasteiger partial charge in [0.1, 0.15) is 11.8 Å². The summed E-state index contributed by atoms with van der Waals surface area (Å²) in [5.74, 6) is 0.876. The van der Waals surface area contributed by atoms with Crippen LogP contribution in [0.3, 0.4) is 0 Å². The molecular weight excluding hydrogens is 627 g/mol. The summed E-state index contributed by atoms with van der Waals surface area (Å²) in [5.41, 5.74) is 12.7. The fraction of sp³-hybridized carbons (Fsp3) is 0.205. The molecule has 6 rings (SSSR count). The maximum Gasteiger partial charge on any atom is 0.232 e. The van der Waals surface area contributed by atoms with Crippen LogP contribution in [0.1, 0.15) is 50.1 Å². The third-order valence-electron chi connectivity index (χ3n) is 9.28. The SMILES string of the molecule is Cc1c(C#N)c(Nc2ccccc2)nc(Nc2ccccc2)c1N=Nc1ncc(N=Nc2c(C)c(C)c3c(C)c(C)c(C)c(C)c3c2C)s1. The van der Waals surface area contributed by atoms with Crippen molar-refractivity contribution in [3.05, 3.63) is 117 Å². The van der Waals surface area contributed by atoms with E-state index in [-0.39, 0.29) is 0 Å². The molecule has 0 amide bonds. The minimum Gasteiger partial charge on any atom is -0.339 e. The van der Waals surface area contributed by atoms with Crippen LogP contribution in [0.15, 0.2) is 87.3 Å². The molecule has 2 heterocycles. The highest BCUT2D eigenvalue weighted by atomic mass is 32.1. The number of nitriles is 1. The van der Waals surface area contributed by atoms with Gasteiger partial charge in [0.25, 0.3) is 0 Å². The van der Waals surface area contributed by atoms with E-state index in [1.807, 2.05) is 67.6 Å². The molecule has 2 aromatic heterocycles. The average molecular weight is 664 g/mol. The zero-order valence-electron chi connectivity index (χ0n) is 28.9. The maximum absolute atomic E-state index is 10.1. The third-order valence-corrected chi connectivity index (χ3v) is 10.0. The summed E-state index contributed by atoms with van der Waals surface area (Å²) in [4.78, 5) is 9.24. The lowest BCUT2D eigenvalue weighted by Gasteiger charge is -2.20. The van der Waals surface area contributed by atoms with E-state index in [4.69, 9.17) is 10.1 Å². The number of aromatic nitrogens is 2. The molecule has 49 heavy (non-hydrogen) atoms. The minimum atomic E-state index is 0.372. The molecule has 244 valence electrons. The van der Waals surface area contributed by atoms with E-state index in [1.165, 1.54) is 49.9 Å². The molecule has 0 saturated carbocycles. The lowest BCUT2D eigenvalue weighted by atomic mass is 9.85. The van der Waals surface area contributed by atoms with E-state index >= 15 is 0 Å². The van der Waals surface area contributed by atoms with Gasteiger partial charge < -0.3 is 10.6 Å². The highest BCUT2D eigenvalue weighted by molar-refractivity contribution is 7.18. The van der Waals surface area contributed by atoms with Crippen molar-refractivity contribution in [2.45, 2.75) is 55.4 Å². The number of rotatable bonds is 8. The molecule has 6 aromatic rings. The molecule has 0 radical (unpaired) electrons. The van der Waals surface area contributed by atoms with Crippen molar-refractivity contribution >= 4 is 66.6 Å². The first kappa shape index (κ1) is 33.1. The molecule has 0 aliphatic heterocycles. The maximum atomic E-state index is 10.1. The van der Waals surface area contributed by atoms with Crippen molar-refractivity contribution in [2.75, 3.05) is 10.6 Å². The van der Waals surface area contributed by atoms with E-state index < -0.39 is 0 Å². The number of hydrogen-bond donors (Lipinski definition) is 2. The average Bonchev–Trinajstić information content (AvgIpc) is 3.56. The molecule has 10 heteroatoms. The van der Waals surface area contributed by atoms with Crippen LogP contribution in [0, 0.1) is 66.7 Å². The smallest absolute Gasteiger partial charge is 0.232 e. The van der Waals surface area contributed by atoms with Crippen LogP contribution in [-0.2, 0) is 0 Å². The van der Waals surface area contributed by atoms with Crippen LogP contribution in [0.2, 0.25) is 0 Å². The van der Waals surface area contributed by atoms with Crippen molar-refractivity contribution in [3.63, 3.8) is 0 Å². The van der Waals surface area contributed by atoms with Gasteiger partial charge in [0.15, 0.2) is 16.6 Å². The molecule has 9 nitrogen and oxygen atoms in total. The summed E-state index contributed by atoms with van der Waals surface area (Å²) in [6.45, 7) is 17.0. The predicted octanol–water partition coefficient (Wildman–Crippen LogP) is 12.3. The Labute approximate surface area is 290 Å². The van der Waals surface area contributed by atoms with Gasteiger partial charge >= 0.3 is 0 Å². The first-order chi connectivity index (χ1) is 23.6. The second-order valence-corrected chi connectivity index (χ2v) is 13.1. The van der Waals surface area contributed by atoms with Crippen molar-refractivity contribution in [1.82, 2.24) is 9.97 Å². The summed E-state index contributed by atoms with van der Waals surface area (Å²) in [5, 5.41) is 38.7. The Kier molecular flexibility index (Phi) is 9.29. The van der Waals surface area contributed by atoms with Gasteiger partial charge in [-0.3, -0.25) is 0 Å². The number of pyridine rings is 1. The Morgan fingerprint density at radius 1 is 0.571 bits per heavy atom. The number of para-hydroxylation sites is 2. The molecule has 0 aliphatic rings. The van der Waals surface area contributed by atoms with Crippen LogP contribution in [0.25, 0.3) is 10.8 Å². The highest BCUT2D eigenvalue weighted by Gasteiger charge is 2.20. The first-order valence-electron chi connectivity index (χ1n) is 16.0. The van der Waals surface area contributed by atoms with Crippen LogP contribution >= 0.6 is 11.3 Å². The van der Waals surface area contributed by atoms with Gasteiger partial charge in [-0.05, 0) is 129 Å². The van der Waals surface area contributed by atoms with Crippen molar-refractivity contribution < 1.29 is 0 Å². The van der Waals surface area contributed by atoms with Crippen molar-refractivity contribution in [1.29, 1.82) is 5.26 Å². The normalized spacial score (nSPS) is 11.5. The Balaban J connectivity index is 1.35. The number of nitrogens with one attached hydrogen (secondary N) is 2. The standard InChI is InChI=1S/C39H37N9S/c1-21-22(2)24(4)34-28(8)35(26(6)25(5)33(34)23(21)3)46-45-32-20-41-39(49-32)48-47-36-27(7)31(19-40)37(42-29-15-11-9-12-16-29)44-38(36)43-30-17-13-10-14-18-30/h9-18,20H,1-8H3,(H2,42,43,44). The Hall–Kier alpha value is -5.79. The number of thiazole rings is 1. The number of azo groups is 2. The van der Waals surface area contributed by atoms with Crippen LogP contribution in [0.4, 0.5) is 44.5 Å². The molecule has 0 spiro atoms. The van der Waals surface area contributed by atoms with Crippen LogP contribution in [0.5, 0.6) is 0 Å². The number of fused-ring (bicyclic) bond motifs is 1.